The number of carbonyl (C=O) groups excluding carboxylic acids is 1. The Morgan fingerprint density at radius 1 is 1.26 bits per heavy atom. The topological polar surface area (TPSA) is 115 Å². The number of anilines is 2. The van der Waals surface area contributed by atoms with Crippen molar-refractivity contribution in [1.29, 1.82) is 0 Å². The molecule has 2 heterocycles. The van der Waals surface area contributed by atoms with Gasteiger partial charge in [-0.2, -0.15) is 9.97 Å². The lowest BCUT2D eigenvalue weighted by molar-refractivity contribution is -0.144. The number of aliphatic imine (C=N–C) groups is 1. The van der Waals surface area contributed by atoms with Crippen LogP contribution in [-0.4, -0.2) is 80.8 Å². The van der Waals surface area contributed by atoms with Crippen LogP contribution in [0.5, 0.6) is 6.01 Å². The fourth-order valence-corrected chi connectivity index (χ4v) is 4.36. The molecule has 0 saturated carbocycles. The first-order chi connectivity index (χ1) is 17.0. The zero-order valence-electron chi connectivity index (χ0n) is 21.8. The van der Waals surface area contributed by atoms with Crippen molar-refractivity contribution in [2.45, 2.75) is 65.2 Å². The molecule has 10 heteroatoms. The maximum absolute atomic E-state index is 11.8. The Morgan fingerprint density at radius 3 is 2.80 bits per heavy atom. The van der Waals surface area contributed by atoms with Gasteiger partial charge in [0.25, 0.3) is 0 Å². The van der Waals surface area contributed by atoms with Crippen LogP contribution in [-0.2, 0) is 14.3 Å². The molecule has 2 N–H and O–H groups in total. The molecular formula is C25H44N6O4. The molecule has 0 bridgehead atoms. The van der Waals surface area contributed by atoms with E-state index in [4.69, 9.17) is 19.9 Å². The van der Waals surface area contributed by atoms with E-state index in [1.165, 1.54) is 0 Å². The number of nitrogen functional groups attached to an aromatic ring is 1. The monoisotopic (exact) mass is 492 g/mol. The molecule has 1 aliphatic heterocycles. The van der Waals surface area contributed by atoms with Crippen molar-refractivity contribution in [3.05, 3.63) is 0 Å². The summed E-state index contributed by atoms with van der Waals surface area (Å²) in [5, 5.41) is 0. The number of aromatic nitrogens is 2. The number of carbonyl (C=O) groups is 1. The predicted octanol–water partition coefficient (Wildman–Crippen LogP) is 3.82. The number of likely N-dealkylation sites (tertiary alicyclic amines) is 1. The summed E-state index contributed by atoms with van der Waals surface area (Å²) in [6.45, 7) is 12.8. The number of rotatable bonds is 17. The first kappa shape index (κ1) is 28.8. The van der Waals surface area contributed by atoms with Crippen molar-refractivity contribution in [2.75, 3.05) is 63.9 Å². The van der Waals surface area contributed by atoms with Gasteiger partial charge in [0.05, 0.1) is 13.2 Å². The zero-order chi connectivity index (χ0) is 25.5. The van der Waals surface area contributed by atoms with Crippen LogP contribution in [0.2, 0.25) is 0 Å². The average molecular weight is 493 g/mol. The molecule has 0 amide bonds. The highest BCUT2D eigenvalue weighted by molar-refractivity contribution is 5.75. The minimum Gasteiger partial charge on any atom is -0.466 e. The maximum atomic E-state index is 11.8. The molecule has 0 spiro atoms. The van der Waals surface area contributed by atoms with Gasteiger partial charge in [0, 0.05) is 26.6 Å². The van der Waals surface area contributed by atoms with Gasteiger partial charge in [0.2, 0.25) is 0 Å². The van der Waals surface area contributed by atoms with Gasteiger partial charge in [-0.1, -0.05) is 19.8 Å². The van der Waals surface area contributed by atoms with Crippen LogP contribution < -0.4 is 15.4 Å². The highest BCUT2D eigenvalue weighted by atomic mass is 16.5. The van der Waals surface area contributed by atoms with Gasteiger partial charge in [-0.3, -0.25) is 9.79 Å². The largest absolute Gasteiger partial charge is 0.466 e. The summed E-state index contributed by atoms with van der Waals surface area (Å²) in [7, 11) is 1.65. The number of piperidine rings is 1. The van der Waals surface area contributed by atoms with Crippen molar-refractivity contribution in [3.63, 3.8) is 0 Å². The molecule has 1 atom stereocenters. The van der Waals surface area contributed by atoms with E-state index in [2.05, 4.69) is 33.5 Å². The van der Waals surface area contributed by atoms with Crippen molar-refractivity contribution in [3.8, 4) is 6.01 Å². The Balaban J connectivity index is 1.86. The summed E-state index contributed by atoms with van der Waals surface area (Å²) in [6, 6.07) is 0.252. The van der Waals surface area contributed by atoms with Crippen LogP contribution >= 0.6 is 0 Å². The van der Waals surface area contributed by atoms with Gasteiger partial charge in [-0.05, 0) is 64.8 Å². The van der Waals surface area contributed by atoms with E-state index in [-0.39, 0.29) is 17.8 Å². The molecule has 0 radical (unpaired) electrons. The summed E-state index contributed by atoms with van der Waals surface area (Å²) in [4.78, 5) is 29.1. The molecule has 35 heavy (non-hydrogen) atoms. The molecule has 1 unspecified atom stereocenters. The first-order valence-corrected chi connectivity index (χ1v) is 12.9. The van der Waals surface area contributed by atoms with E-state index in [1.54, 1.807) is 7.11 Å². The van der Waals surface area contributed by atoms with Crippen LogP contribution in [0, 0.1) is 5.92 Å². The Bertz CT molecular complexity index is 779. The number of ether oxygens (including phenoxy) is 3. The molecule has 1 aliphatic rings. The van der Waals surface area contributed by atoms with Gasteiger partial charge < -0.3 is 29.7 Å². The fraction of sp³-hybridized carbons (Fsp3) is 0.760. The second kappa shape index (κ2) is 16.3. The predicted molar refractivity (Wildman–Crippen MR) is 140 cm³/mol. The molecule has 1 aromatic rings. The third-order valence-electron chi connectivity index (χ3n) is 6.11. The number of nitrogens with zero attached hydrogens (tertiary/aromatic N) is 5. The quantitative estimate of drug-likeness (QED) is 0.150. The van der Waals surface area contributed by atoms with Crippen molar-refractivity contribution in [2.24, 2.45) is 10.9 Å². The molecule has 0 aromatic carbocycles. The van der Waals surface area contributed by atoms with Gasteiger partial charge in [0.1, 0.15) is 12.4 Å². The molecule has 2 rings (SSSR count). The van der Waals surface area contributed by atoms with Gasteiger partial charge in [-0.15, -0.1) is 0 Å². The lowest BCUT2D eigenvalue weighted by Crippen LogP contribution is -2.37. The summed E-state index contributed by atoms with van der Waals surface area (Å²) in [5.41, 5.74) is 6.57. The standard InChI is InChI=1S/C25H44N6O4/c1-5-7-16-35-25-28-23(26)22(27-3)24(29-25)31(19-33-4)15-10-8-9-13-30-14-11-12-20(18-30)17-21(32)34-6-2/h20H,3,5-19H2,1-2,4H3,(H2,26,28,29). The van der Waals surface area contributed by atoms with E-state index in [1.807, 2.05) is 11.8 Å². The SMILES string of the molecule is C=Nc1c(N)nc(OCCCC)nc1N(CCCCCN1CCCC(CC(=O)OCC)C1)COC. The van der Waals surface area contributed by atoms with Crippen molar-refractivity contribution in [1.82, 2.24) is 14.9 Å². The smallest absolute Gasteiger partial charge is 0.320 e. The number of methoxy groups -OCH3 is 1. The average Bonchev–Trinajstić information content (AvgIpc) is 2.83. The molecular weight excluding hydrogens is 448 g/mol. The Morgan fingerprint density at radius 2 is 2.09 bits per heavy atom. The summed E-state index contributed by atoms with van der Waals surface area (Å²) < 4.78 is 16.2. The Labute approximate surface area is 210 Å². The number of unbranched alkanes of at least 4 members (excludes halogenated alkanes) is 3. The van der Waals surface area contributed by atoms with Crippen LogP contribution in [0.15, 0.2) is 4.99 Å². The minimum absolute atomic E-state index is 0.0738. The van der Waals surface area contributed by atoms with Crippen LogP contribution in [0.3, 0.4) is 0 Å². The molecule has 10 nitrogen and oxygen atoms in total. The van der Waals surface area contributed by atoms with Gasteiger partial charge in [0.15, 0.2) is 11.6 Å². The van der Waals surface area contributed by atoms with E-state index in [9.17, 15) is 4.79 Å². The molecule has 0 aliphatic carbocycles. The second-order valence-corrected chi connectivity index (χ2v) is 8.98. The van der Waals surface area contributed by atoms with Crippen molar-refractivity contribution >= 4 is 30.0 Å². The Kier molecular flexibility index (Phi) is 13.4. The third-order valence-corrected chi connectivity index (χ3v) is 6.11. The zero-order valence-corrected chi connectivity index (χ0v) is 21.8. The normalized spacial score (nSPS) is 16.1. The second-order valence-electron chi connectivity index (χ2n) is 8.98. The van der Waals surface area contributed by atoms with E-state index in [0.29, 0.717) is 43.8 Å². The summed E-state index contributed by atoms with van der Waals surface area (Å²) in [6.07, 6.45) is 7.84. The maximum Gasteiger partial charge on any atom is 0.320 e. The summed E-state index contributed by atoms with van der Waals surface area (Å²) >= 11 is 0. The number of hydrogen-bond donors (Lipinski definition) is 1. The molecule has 1 aromatic heterocycles. The number of esters is 1. The molecule has 198 valence electrons. The van der Waals surface area contributed by atoms with Crippen molar-refractivity contribution < 1.29 is 19.0 Å². The van der Waals surface area contributed by atoms with E-state index in [0.717, 1.165) is 71.1 Å². The number of nitrogens with two attached hydrogens (primary N) is 1. The van der Waals surface area contributed by atoms with E-state index >= 15 is 0 Å². The van der Waals surface area contributed by atoms with E-state index < -0.39 is 0 Å². The lowest BCUT2D eigenvalue weighted by atomic mass is 9.94. The van der Waals surface area contributed by atoms with Crippen LogP contribution in [0.25, 0.3) is 0 Å². The van der Waals surface area contributed by atoms with Crippen LogP contribution in [0.4, 0.5) is 17.3 Å². The Hall–Kier alpha value is -2.46. The highest BCUT2D eigenvalue weighted by Gasteiger charge is 2.23. The van der Waals surface area contributed by atoms with Gasteiger partial charge in [-0.25, -0.2) is 0 Å². The molecule has 1 fully saturated rings. The van der Waals surface area contributed by atoms with Crippen LogP contribution in [0.1, 0.15) is 65.2 Å². The minimum atomic E-state index is -0.0738. The number of hydrogen-bond acceptors (Lipinski definition) is 10. The molecule has 1 saturated heterocycles. The lowest BCUT2D eigenvalue weighted by Gasteiger charge is -2.32. The summed E-state index contributed by atoms with van der Waals surface area (Å²) in [5.74, 6) is 1.16. The van der Waals surface area contributed by atoms with Gasteiger partial charge >= 0.3 is 12.0 Å². The first-order valence-electron chi connectivity index (χ1n) is 12.9. The third kappa shape index (κ3) is 9.97. The highest BCUT2D eigenvalue weighted by Crippen LogP contribution is 2.33. The fourth-order valence-electron chi connectivity index (χ4n) is 4.36.